The molecule has 1 fully saturated rings. The van der Waals surface area contributed by atoms with Crippen molar-refractivity contribution in [3.63, 3.8) is 0 Å². The quantitative estimate of drug-likeness (QED) is 0.767. The van der Waals surface area contributed by atoms with E-state index in [0.29, 0.717) is 18.7 Å². The Hall–Kier alpha value is -1.59. The Labute approximate surface area is 113 Å². The maximum absolute atomic E-state index is 11.8. The van der Waals surface area contributed by atoms with E-state index in [1.165, 1.54) is 7.11 Å². The third-order valence-corrected chi connectivity index (χ3v) is 3.25. The molecule has 1 aromatic rings. The highest BCUT2D eigenvalue weighted by Crippen LogP contribution is 2.23. The molecule has 0 aliphatic carbocycles. The summed E-state index contributed by atoms with van der Waals surface area (Å²) in [5, 5.41) is 13.4. The summed E-state index contributed by atoms with van der Waals surface area (Å²) < 4.78 is 4.81. The molecule has 0 bridgehead atoms. The molecule has 19 heavy (non-hydrogen) atoms. The third-order valence-electron chi connectivity index (χ3n) is 3.25. The van der Waals surface area contributed by atoms with Gasteiger partial charge in [0.2, 0.25) is 0 Å². The molecule has 5 nitrogen and oxygen atoms in total. The highest BCUT2D eigenvalue weighted by atomic mass is 16.5. The van der Waals surface area contributed by atoms with Crippen LogP contribution in [-0.4, -0.2) is 50.0 Å². The van der Waals surface area contributed by atoms with Gasteiger partial charge in [0.25, 0.3) is 0 Å². The van der Waals surface area contributed by atoms with Crippen LogP contribution >= 0.6 is 0 Å². The topological polar surface area (TPSA) is 61.8 Å². The normalized spacial score (nSPS) is 23.8. The molecular formula is C14H20N2O3. The summed E-state index contributed by atoms with van der Waals surface area (Å²) in [7, 11) is 1.37. The van der Waals surface area contributed by atoms with E-state index in [2.05, 4.69) is 5.32 Å². The largest absolute Gasteiger partial charge is 0.465 e. The Morgan fingerprint density at radius 3 is 2.95 bits per heavy atom. The van der Waals surface area contributed by atoms with Gasteiger partial charge in [0.1, 0.15) is 0 Å². The van der Waals surface area contributed by atoms with Crippen LogP contribution in [0.4, 0.5) is 5.69 Å². The van der Waals surface area contributed by atoms with Crippen molar-refractivity contribution in [2.24, 2.45) is 0 Å². The van der Waals surface area contributed by atoms with Crippen LogP contribution in [0.1, 0.15) is 17.3 Å². The molecule has 0 amide bonds. The lowest BCUT2D eigenvalue weighted by molar-refractivity contribution is 0.0597. The van der Waals surface area contributed by atoms with E-state index in [1.807, 2.05) is 23.1 Å². The number of ether oxygens (including phenoxy) is 1. The van der Waals surface area contributed by atoms with Gasteiger partial charge in [0, 0.05) is 26.2 Å². The van der Waals surface area contributed by atoms with Crippen LogP contribution in [0.5, 0.6) is 0 Å². The van der Waals surface area contributed by atoms with Gasteiger partial charge in [0.05, 0.1) is 24.0 Å². The molecule has 0 saturated carbocycles. The number of esters is 1. The third kappa shape index (κ3) is 3.24. The van der Waals surface area contributed by atoms with Crippen LogP contribution in [-0.2, 0) is 4.74 Å². The number of benzene rings is 1. The van der Waals surface area contributed by atoms with Gasteiger partial charge in [-0.2, -0.15) is 0 Å². The Morgan fingerprint density at radius 2 is 2.21 bits per heavy atom. The molecule has 0 spiro atoms. The van der Waals surface area contributed by atoms with Gasteiger partial charge < -0.3 is 20.1 Å². The molecule has 5 heteroatoms. The van der Waals surface area contributed by atoms with Crippen molar-refractivity contribution in [2.75, 3.05) is 38.2 Å². The first-order valence-corrected chi connectivity index (χ1v) is 6.39. The lowest BCUT2D eigenvalue weighted by Gasteiger charge is -2.30. The molecule has 1 atom stereocenters. The average molecular weight is 264 g/mol. The van der Waals surface area contributed by atoms with Crippen LogP contribution in [0, 0.1) is 0 Å². The molecule has 1 aromatic carbocycles. The van der Waals surface area contributed by atoms with Gasteiger partial charge in [-0.15, -0.1) is 0 Å². The molecule has 1 saturated heterocycles. The minimum absolute atomic E-state index is 0.354. The molecule has 1 aliphatic heterocycles. The molecule has 1 aliphatic rings. The minimum Gasteiger partial charge on any atom is -0.465 e. The fraction of sp³-hybridized carbons (Fsp3) is 0.500. The number of para-hydroxylation sites is 1. The van der Waals surface area contributed by atoms with E-state index in [4.69, 9.17) is 4.74 Å². The molecular weight excluding hydrogens is 244 g/mol. The highest BCUT2D eigenvalue weighted by Gasteiger charge is 2.28. The zero-order valence-electron chi connectivity index (χ0n) is 11.3. The summed E-state index contributed by atoms with van der Waals surface area (Å²) in [6, 6.07) is 7.32. The first kappa shape index (κ1) is 13.8. The van der Waals surface area contributed by atoms with Gasteiger partial charge in [-0.25, -0.2) is 4.79 Å². The summed E-state index contributed by atoms with van der Waals surface area (Å²) in [4.78, 5) is 13.8. The van der Waals surface area contributed by atoms with Gasteiger partial charge in [-0.1, -0.05) is 12.1 Å². The molecule has 1 unspecified atom stereocenters. The smallest absolute Gasteiger partial charge is 0.339 e. The number of hydrogen-bond acceptors (Lipinski definition) is 5. The van der Waals surface area contributed by atoms with E-state index in [1.54, 1.807) is 13.0 Å². The summed E-state index contributed by atoms with van der Waals surface area (Å²) >= 11 is 0. The van der Waals surface area contributed by atoms with Gasteiger partial charge in [0.15, 0.2) is 0 Å². The maximum atomic E-state index is 11.8. The number of nitrogens with zero attached hydrogens (tertiary/aromatic N) is 1. The number of rotatable bonds is 2. The molecule has 1 heterocycles. The summed E-state index contributed by atoms with van der Waals surface area (Å²) in [6.45, 7) is 4.33. The van der Waals surface area contributed by atoms with E-state index in [9.17, 15) is 9.90 Å². The van der Waals surface area contributed by atoms with Crippen LogP contribution in [0.3, 0.4) is 0 Å². The molecule has 0 aromatic heterocycles. The molecule has 0 radical (unpaired) electrons. The summed E-state index contributed by atoms with van der Waals surface area (Å²) in [5.41, 5.74) is 0.515. The van der Waals surface area contributed by atoms with Crippen molar-refractivity contribution in [1.82, 2.24) is 5.32 Å². The lowest BCUT2D eigenvalue weighted by atomic mass is 10.1. The molecule has 2 rings (SSSR count). The number of β-amino-alcohol motifs (C(OH)–C–C–N with tert-alkyl or cyclic N) is 1. The standard InChI is InChI=1S/C14H20N2O3/c1-14(18)9-15-7-8-16(10-14)12-6-4-3-5-11(12)13(17)19-2/h3-6,15,18H,7-10H2,1-2H3. The zero-order chi connectivity index (χ0) is 13.9. The SMILES string of the molecule is COC(=O)c1ccccc1N1CCNCC(C)(O)C1. The van der Waals surface area contributed by atoms with Crippen LogP contribution in [0.25, 0.3) is 0 Å². The highest BCUT2D eigenvalue weighted by molar-refractivity contribution is 5.95. The second-order valence-electron chi connectivity index (χ2n) is 5.10. The number of nitrogens with one attached hydrogen (secondary N) is 1. The van der Waals surface area contributed by atoms with Gasteiger partial charge in [-0.05, 0) is 19.1 Å². The number of carbonyl (C=O) groups is 1. The van der Waals surface area contributed by atoms with Crippen molar-refractivity contribution < 1.29 is 14.6 Å². The van der Waals surface area contributed by atoms with Crippen molar-refractivity contribution in [3.8, 4) is 0 Å². The van der Waals surface area contributed by atoms with Crippen molar-refractivity contribution in [1.29, 1.82) is 0 Å². The van der Waals surface area contributed by atoms with Crippen LogP contribution in [0.15, 0.2) is 24.3 Å². The first-order valence-electron chi connectivity index (χ1n) is 6.39. The second-order valence-corrected chi connectivity index (χ2v) is 5.10. The number of carbonyl (C=O) groups excluding carboxylic acids is 1. The molecule has 104 valence electrons. The Kier molecular flexibility index (Phi) is 4.07. The van der Waals surface area contributed by atoms with E-state index in [-0.39, 0.29) is 5.97 Å². The molecule has 2 N–H and O–H groups in total. The van der Waals surface area contributed by atoms with E-state index >= 15 is 0 Å². The lowest BCUT2D eigenvalue weighted by Crippen LogP contribution is -2.43. The number of hydrogen-bond donors (Lipinski definition) is 2. The van der Waals surface area contributed by atoms with E-state index < -0.39 is 5.60 Å². The Balaban J connectivity index is 2.32. The fourth-order valence-corrected chi connectivity index (χ4v) is 2.36. The second kappa shape index (κ2) is 5.59. The van der Waals surface area contributed by atoms with Crippen LogP contribution < -0.4 is 10.2 Å². The van der Waals surface area contributed by atoms with Crippen LogP contribution in [0.2, 0.25) is 0 Å². The maximum Gasteiger partial charge on any atom is 0.339 e. The van der Waals surface area contributed by atoms with E-state index in [0.717, 1.165) is 18.8 Å². The Bertz CT molecular complexity index is 460. The van der Waals surface area contributed by atoms with Gasteiger partial charge >= 0.3 is 5.97 Å². The Morgan fingerprint density at radius 1 is 1.47 bits per heavy atom. The average Bonchev–Trinajstić information content (AvgIpc) is 2.58. The predicted molar refractivity (Wildman–Crippen MR) is 73.5 cm³/mol. The number of anilines is 1. The minimum atomic E-state index is -0.820. The summed E-state index contributed by atoms with van der Waals surface area (Å²) in [6.07, 6.45) is 0. The number of methoxy groups -OCH3 is 1. The first-order chi connectivity index (χ1) is 9.03. The zero-order valence-corrected chi connectivity index (χ0v) is 11.3. The number of aliphatic hydroxyl groups is 1. The predicted octanol–water partition coefficient (Wildman–Crippen LogP) is 0.634. The monoisotopic (exact) mass is 264 g/mol. The fourth-order valence-electron chi connectivity index (χ4n) is 2.36. The van der Waals surface area contributed by atoms with Crippen molar-refractivity contribution >= 4 is 11.7 Å². The van der Waals surface area contributed by atoms with Crippen molar-refractivity contribution in [3.05, 3.63) is 29.8 Å². The van der Waals surface area contributed by atoms with Crippen molar-refractivity contribution in [2.45, 2.75) is 12.5 Å². The summed E-state index contributed by atoms with van der Waals surface area (Å²) in [5.74, 6) is -0.354. The van der Waals surface area contributed by atoms with Gasteiger partial charge in [-0.3, -0.25) is 0 Å².